The smallest absolute Gasteiger partial charge is 0.0692 e. The average Bonchev–Trinajstić information content (AvgIpc) is 2.73. The van der Waals surface area contributed by atoms with Crippen molar-refractivity contribution in [3.05, 3.63) is 16.4 Å². The molecule has 0 amide bonds. The van der Waals surface area contributed by atoms with Crippen LogP contribution in [0.1, 0.15) is 43.8 Å². The number of ether oxygens (including phenoxy) is 1. The molecular weight excluding hydrogens is 294 g/mol. The van der Waals surface area contributed by atoms with Crippen LogP contribution in [-0.2, 0) is 11.8 Å². The Morgan fingerprint density at radius 2 is 2.44 bits per heavy atom. The van der Waals surface area contributed by atoms with Gasteiger partial charge in [0.05, 0.1) is 28.5 Å². The largest absolute Gasteiger partial charge is 0.378 e. The standard InChI is InChI=1S/C13H22BrN3O/c1-15-12(13-11(14)9-16-17(13)2)7-6-10-5-3-4-8-18-10/h9-10,12,15H,3-8H2,1-2H3. The van der Waals surface area contributed by atoms with Crippen molar-refractivity contribution in [3.63, 3.8) is 0 Å². The van der Waals surface area contributed by atoms with Gasteiger partial charge in [0.1, 0.15) is 0 Å². The lowest BCUT2D eigenvalue weighted by Crippen LogP contribution is -2.24. The van der Waals surface area contributed by atoms with Gasteiger partial charge in [0.25, 0.3) is 0 Å². The van der Waals surface area contributed by atoms with Crippen LogP contribution >= 0.6 is 15.9 Å². The zero-order valence-corrected chi connectivity index (χ0v) is 12.7. The average molecular weight is 316 g/mol. The van der Waals surface area contributed by atoms with Gasteiger partial charge in [0, 0.05) is 13.7 Å². The summed E-state index contributed by atoms with van der Waals surface area (Å²) in [5.74, 6) is 0. The second-order valence-electron chi connectivity index (χ2n) is 4.91. The third-order valence-electron chi connectivity index (χ3n) is 3.67. The topological polar surface area (TPSA) is 39.1 Å². The summed E-state index contributed by atoms with van der Waals surface area (Å²) < 4.78 is 8.80. The van der Waals surface area contributed by atoms with Gasteiger partial charge in [-0.2, -0.15) is 5.10 Å². The van der Waals surface area contributed by atoms with Crippen molar-refractivity contribution in [2.45, 2.75) is 44.2 Å². The summed E-state index contributed by atoms with van der Waals surface area (Å²) in [5, 5.41) is 7.66. The molecule has 1 aliphatic heterocycles. The number of halogens is 1. The van der Waals surface area contributed by atoms with Crippen LogP contribution in [0.3, 0.4) is 0 Å². The quantitative estimate of drug-likeness (QED) is 0.908. The number of rotatable bonds is 5. The normalized spacial score (nSPS) is 22.1. The molecule has 102 valence electrons. The van der Waals surface area contributed by atoms with Crippen molar-refractivity contribution < 1.29 is 4.74 Å². The second kappa shape index (κ2) is 6.68. The van der Waals surface area contributed by atoms with Crippen molar-refractivity contribution in [1.29, 1.82) is 0 Å². The Morgan fingerprint density at radius 3 is 3.00 bits per heavy atom. The molecule has 0 bridgehead atoms. The van der Waals surface area contributed by atoms with E-state index in [2.05, 4.69) is 26.3 Å². The van der Waals surface area contributed by atoms with Crippen LogP contribution in [-0.4, -0.2) is 29.5 Å². The molecule has 18 heavy (non-hydrogen) atoms. The first-order chi connectivity index (χ1) is 8.72. The number of hydrogen-bond acceptors (Lipinski definition) is 3. The van der Waals surface area contributed by atoms with E-state index in [1.165, 1.54) is 25.0 Å². The molecule has 0 radical (unpaired) electrons. The Kier molecular flexibility index (Phi) is 5.21. The Labute approximate surface area is 117 Å². The molecule has 1 N–H and O–H groups in total. The van der Waals surface area contributed by atoms with Gasteiger partial charge >= 0.3 is 0 Å². The summed E-state index contributed by atoms with van der Waals surface area (Å²) in [6, 6.07) is 0.331. The van der Waals surface area contributed by atoms with Gasteiger partial charge in [0.2, 0.25) is 0 Å². The molecule has 1 fully saturated rings. The van der Waals surface area contributed by atoms with Gasteiger partial charge in [-0.1, -0.05) is 0 Å². The van der Waals surface area contributed by atoms with Crippen molar-refractivity contribution in [1.82, 2.24) is 15.1 Å². The Balaban J connectivity index is 1.93. The molecule has 0 aliphatic carbocycles. The molecule has 1 saturated heterocycles. The first-order valence-corrected chi connectivity index (χ1v) is 7.48. The Hall–Kier alpha value is -0.390. The number of nitrogens with zero attached hydrogens (tertiary/aromatic N) is 2. The first-order valence-electron chi connectivity index (χ1n) is 6.68. The molecule has 2 unspecified atom stereocenters. The molecular formula is C13H22BrN3O. The summed E-state index contributed by atoms with van der Waals surface area (Å²) in [4.78, 5) is 0. The SMILES string of the molecule is CNC(CCC1CCCCO1)c1c(Br)cnn1C. The number of nitrogens with one attached hydrogen (secondary N) is 1. The number of aryl methyl sites for hydroxylation is 1. The van der Waals surface area contributed by atoms with Crippen LogP contribution in [0.2, 0.25) is 0 Å². The highest BCUT2D eigenvalue weighted by Crippen LogP contribution is 2.27. The van der Waals surface area contributed by atoms with Crippen LogP contribution < -0.4 is 5.32 Å². The maximum Gasteiger partial charge on any atom is 0.0692 e. The molecule has 2 rings (SSSR count). The third-order valence-corrected chi connectivity index (χ3v) is 4.28. The summed E-state index contributed by atoms with van der Waals surface area (Å²) in [5.41, 5.74) is 1.22. The van der Waals surface area contributed by atoms with Crippen LogP contribution in [0.25, 0.3) is 0 Å². The lowest BCUT2D eigenvalue weighted by Gasteiger charge is -2.25. The minimum atomic E-state index is 0.331. The minimum absolute atomic E-state index is 0.331. The van der Waals surface area contributed by atoms with E-state index in [4.69, 9.17) is 4.74 Å². The van der Waals surface area contributed by atoms with E-state index in [-0.39, 0.29) is 0 Å². The maximum atomic E-state index is 5.79. The van der Waals surface area contributed by atoms with E-state index >= 15 is 0 Å². The highest BCUT2D eigenvalue weighted by molar-refractivity contribution is 9.10. The number of aromatic nitrogens is 2. The van der Waals surface area contributed by atoms with Crippen molar-refractivity contribution in [2.24, 2.45) is 7.05 Å². The molecule has 2 atom stereocenters. The third kappa shape index (κ3) is 3.33. The molecule has 0 spiro atoms. The first kappa shape index (κ1) is 14.0. The van der Waals surface area contributed by atoms with E-state index in [0.717, 1.165) is 23.9 Å². The molecule has 1 aliphatic rings. The maximum absolute atomic E-state index is 5.79. The highest BCUT2D eigenvalue weighted by atomic mass is 79.9. The summed E-state index contributed by atoms with van der Waals surface area (Å²) in [7, 11) is 3.99. The van der Waals surface area contributed by atoms with Gasteiger partial charge in [-0.3, -0.25) is 4.68 Å². The lowest BCUT2D eigenvalue weighted by atomic mass is 10.00. The minimum Gasteiger partial charge on any atom is -0.378 e. The van der Waals surface area contributed by atoms with Gasteiger partial charge in [-0.25, -0.2) is 0 Å². The van der Waals surface area contributed by atoms with E-state index < -0.39 is 0 Å². The van der Waals surface area contributed by atoms with E-state index in [1.54, 1.807) is 0 Å². The van der Waals surface area contributed by atoms with Gasteiger partial charge in [-0.15, -0.1) is 0 Å². The second-order valence-corrected chi connectivity index (χ2v) is 5.76. The fraction of sp³-hybridized carbons (Fsp3) is 0.769. The van der Waals surface area contributed by atoms with Gasteiger partial charge in [-0.05, 0) is 55.1 Å². The van der Waals surface area contributed by atoms with Gasteiger partial charge in [0.15, 0.2) is 0 Å². The molecule has 0 aromatic carbocycles. The van der Waals surface area contributed by atoms with E-state index in [9.17, 15) is 0 Å². The van der Waals surface area contributed by atoms with Crippen molar-refractivity contribution >= 4 is 15.9 Å². The van der Waals surface area contributed by atoms with Crippen LogP contribution in [0, 0.1) is 0 Å². The zero-order valence-electron chi connectivity index (χ0n) is 11.2. The Morgan fingerprint density at radius 1 is 1.61 bits per heavy atom. The van der Waals surface area contributed by atoms with Crippen molar-refractivity contribution in [3.8, 4) is 0 Å². The Bertz CT molecular complexity index is 355. The predicted molar refractivity (Wildman–Crippen MR) is 75.5 cm³/mol. The lowest BCUT2D eigenvalue weighted by molar-refractivity contribution is 0.00853. The fourth-order valence-electron chi connectivity index (χ4n) is 2.62. The zero-order chi connectivity index (χ0) is 13.0. The highest BCUT2D eigenvalue weighted by Gasteiger charge is 2.20. The summed E-state index contributed by atoms with van der Waals surface area (Å²) in [6.45, 7) is 0.935. The fourth-order valence-corrected chi connectivity index (χ4v) is 3.24. The van der Waals surface area contributed by atoms with Crippen LogP contribution in [0.4, 0.5) is 0 Å². The van der Waals surface area contributed by atoms with Gasteiger partial charge < -0.3 is 10.1 Å². The monoisotopic (exact) mass is 315 g/mol. The van der Waals surface area contributed by atoms with E-state index in [1.807, 2.05) is 25.0 Å². The molecule has 2 heterocycles. The van der Waals surface area contributed by atoms with Crippen LogP contribution in [0.15, 0.2) is 10.7 Å². The van der Waals surface area contributed by atoms with Crippen LogP contribution in [0.5, 0.6) is 0 Å². The summed E-state index contributed by atoms with van der Waals surface area (Å²) >= 11 is 3.57. The molecule has 0 saturated carbocycles. The van der Waals surface area contributed by atoms with E-state index in [0.29, 0.717) is 12.1 Å². The van der Waals surface area contributed by atoms with Crippen molar-refractivity contribution in [2.75, 3.05) is 13.7 Å². The molecule has 1 aromatic rings. The number of hydrogen-bond donors (Lipinski definition) is 1. The molecule has 4 nitrogen and oxygen atoms in total. The molecule has 1 aromatic heterocycles. The predicted octanol–water partition coefficient (Wildman–Crippen LogP) is 2.79. The summed E-state index contributed by atoms with van der Waals surface area (Å²) in [6.07, 6.45) is 8.24. The molecule has 5 heteroatoms.